The minimum absolute atomic E-state index is 0.112. The number of nitrogens with one attached hydrogen (secondary N) is 1. The summed E-state index contributed by atoms with van der Waals surface area (Å²) < 4.78 is 0. The summed E-state index contributed by atoms with van der Waals surface area (Å²) in [6, 6.07) is 4.11. The molecule has 1 rings (SSSR count). The number of hydrogen-bond donors (Lipinski definition) is 2. The van der Waals surface area contributed by atoms with Gasteiger partial charge in [0.15, 0.2) is 0 Å². The molecule has 0 aliphatic rings. The number of nitrogens with zero attached hydrogens (tertiary/aromatic N) is 1. The number of rotatable bonds is 3. The maximum Gasteiger partial charge on any atom is 0.270 e. The number of carbonyl (C=O) groups is 1. The Morgan fingerprint density at radius 2 is 2.27 bits per heavy atom. The largest absolute Gasteiger partial charge is 0.394 e. The summed E-state index contributed by atoms with van der Waals surface area (Å²) in [5.41, 5.74) is -0.0869. The molecular weight excluding hydrogens is 196 g/mol. The highest BCUT2D eigenvalue weighted by molar-refractivity contribution is 5.92. The van der Waals surface area contributed by atoms with Crippen LogP contribution in [-0.2, 0) is 0 Å². The third kappa shape index (κ3) is 2.66. The van der Waals surface area contributed by atoms with E-state index in [1.165, 1.54) is 23.1 Å². The van der Waals surface area contributed by atoms with Gasteiger partial charge in [-0.05, 0) is 13.0 Å². The van der Waals surface area contributed by atoms with E-state index in [0.717, 1.165) is 0 Å². The highest BCUT2D eigenvalue weighted by atomic mass is 16.3. The third-order valence-electron chi connectivity index (χ3n) is 2.24. The van der Waals surface area contributed by atoms with E-state index in [4.69, 9.17) is 5.11 Å². The van der Waals surface area contributed by atoms with E-state index in [1.807, 2.05) is 0 Å². The Labute approximate surface area is 87.4 Å². The zero-order valence-electron chi connectivity index (χ0n) is 8.73. The van der Waals surface area contributed by atoms with Gasteiger partial charge in [-0.1, -0.05) is 6.07 Å². The molecule has 82 valence electrons. The van der Waals surface area contributed by atoms with E-state index < -0.39 is 0 Å². The molecule has 1 aromatic rings. The third-order valence-corrected chi connectivity index (χ3v) is 2.24. The summed E-state index contributed by atoms with van der Waals surface area (Å²) in [4.78, 5) is 26.5. The molecule has 2 N–H and O–H groups in total. The number of aromatic nitrogens is 1. The van der Waals surface area contributed by atoms with E-state index in [2.05, 4.69) is 4.98 Å². The van der Waals surface area contributed by atoms with Gasteiger partial charge in [-0.25, -0.2) is 0 Å². The molecule has 0 saturated carbocycles. The molecule has 0 spiro atoms. The van der Waals surface area contributed by atoms with Gasteiger partial charge in [0.1, 0.15) is 5.69 Å². The van der Waals surface area contributed by atoms with Gasteiger partial charge in [0.25, 0.3) is 5.91 Å². The van der Waals surface area contributed by atoms with E-state index in [0.29, 0.717) is 0 Å². The first-order valence-electron chi connectivity index (χ1n) is 4.63. The summed E-state index contributed by atoms with van der Waals surface area (Å²) in [6.45, 7) is 1.61. The minimum atomic E-state index is -0.314. The molecule has 5 heteroatoms. The number of pyridine rings is 1. The Balaban J connectivity index is 2.90. The predicted molar refractivity (Wildman–Crippen MR) is 55.7 cm³/mol. The Hall–Kier alpha value is -1.62. The Morgan fingerprint density at radius 1 is 1.60 bits per heavy atom. The van der Waals surface area contributed by atoms with Crippen LogP contribution >= 0.6 is 0 Å². The predicted octanol–water partition coefficient (Wildman–Crippen LogP) is -0.172. The lowest BCUT2D eigenvalue weighted by molar-refractivity contribution is 0.0676. The smallest absolute Gasteiger partial charge is 0.270 e. The van der Waals surface area contributed by atoms with Crippen molar-refractivity contribution in [3.8, 4) is 0 Å². The van der Waals surface area contributed by atoms with Gasteiger partial charge in [-0.3, -0.25) is 9.59 Å². The Morgan fingerprint density at radius 3 is 2.80 bits per heavy atom. The van der Waals surface area contributed by atoms with Crippen molar-refractivity contribution in [2.45, 2.75) is 13.0 Å². The Bertz CT molecular complexity index is 400. The van der Waals surface area contributed by atoms with Gasteiger partial charge in [0.2, 0.25) is 5.56 Å². The van der Waals surface area contributed by atoms with Crippen LogP contribution in [0.2, 0.25) is 0 Å². The lowest BCUT2D eigenvalue weighted by Gasteiger charge is -2.22. The standard InChI is InChI=1S/C10H14N2O3/c1-7(6-13)12(2)10(15)8-4-3-5-9(14)11-8/h3-5,7,13H,6H2,1-2H3,(H,11,14). The lowest BCUT2D eigenvalue weighted by atomic mass is 10.2. The van der Waals surface area contributed by atoms with Crippen LogP contribution in [0.1, 0.15) is 17.4 Å². The van der Waals surface area contributed by atoms with Gasteiger partial charge in [0, 0.05) is 13.1 Å². The van der Waals surface area contributed by atoms with Crippen LogP contribution in [0.25, 0.3) is 0 Å². The van der Waals surface area contributed by atoms with Gasteiger partial charge in [-0.2, -0.15) is 0 Å². The molecule has 15 heavy (non-hydrogen) atoms. The fourth-order valence-electron chi connectivity index (χ4n) is 1.09. The lowest BCUT2D eigenvalue weighted by Crippen LogP contribution is -2.38. The molecular formula is C10H14N2O3. The Kier molecular flexibility index (Phi) is 3.62. The van der Waals surface area contributed by atoms with Gasteiger partial charge < -0.3 is 15.0 Å². The van der Waals surface area contributed by atoms with Crippen LogP contribution in [-0.4, -0.2) is 40.6 Å². The second-order valence-corrected chi connectivity index (χ2v) is 3.38. The number of amides is 1. The van der Waals surface area contributed by atoms with Crippen molar-refractivity contribution in [1.82, 2.24) is 9.88 Å². The monoisotopic (exact) mass is 210 g/mol. The van der Waals surface area contributed by atoms with E-state index in [1.54, 1.807) is 14.0 Å². The van der Waals surface area contributed by atoms with Crippen LogP contribution in [0.4, 0.5) is 0 Å². The molecule has 0 saturated heterocycles. The van der Waals surface area contributed by atoms with Crippen molar-refractivity contribution in [3.05, 3.63) is 34.2 Å². The molecule has 1 unspecified atom stereocenters. The maximum atomic E-state index is 11.7. The first-order valence-corrected chi connectivity index (χ1v) is 4.63. The maximum absolute atomic E-state index is 11.7. The number of aromatic amines is 1. The zero-order valence-corrected chi connectivity index (χ0v) is 8.73. The van der Waals surface area contributed by atoms with Gasteiger partial charge >= 0.3 is 0 Å². The average molecular weight is 210 g/mol. The summed E-state index contributed by atoms with van der Waals surface area (Å²) in [7, 11) is 1.58. The zero-order chi connectivity index (χ0) is 11.4. The summed E-state index contributed by atoms with van der Waals surface area (Å²) >= 11 is 0. The molecule has 1 aromatic heterocycles. The fraction of sp³-hybridized carbons (Fsp3) is 0.400. The van der Waals surface area contributed by atoms with Gasteiger partial charge in [-0.15, -0.1) is 0 Å². The molecule has 1 atom stereocenters. The van der Waals surface area contributed by atoms with Crippen molar-refractivity contribution in [1.29, 1.82) is 0 Å². The van der Waals surface area contributed by atoms with E-state index >= 15 is 0 Å². The topological polar surface area (TPSA) is 73.4 Å². The molecule has 1 heterocycles. The van der Waals surface area contributed by atoms with Crippen LogP contribution < -0.4 is 5.56 Å². The number of aliphatic hydroxyl groups excluding tert-OH is 1. The molecule has 0 fully saturated rings. The second-order valence-electron chi connectivity index (χ2n) is 3.38. The molecule has 0 aliphatic carbocycles. The van der Waals surface area contributed by atoms with Crippen LogP contribution in [0.5, 0.6) is 0 Å². The fourth-order valence-corrected chi connectivity index (χ4v) is 1.09. The molecule has 5 nitrogen and oxygen atoms in total. The quantitative estimate of drug-likeness (QED) is 0.727. The number of carbonyl (C=O) groups excluding carboxylic acids is 1. The van der Waals surface area contributed by atoms with E-state index in [-0.39, 0.29) is 29.8 Å². The first kappa shape index (κ1) is 11.5. The number of H-pyrrole nitrogens is 1. The number of likely N-dealkylation sites (N-methyl/N-ethyl adjacent to an activating group) is 1. The SMILES string of the molecule is CC(CO)N(C)C(=O)c1cccc(=O)[nH]1. The van der Waals surface area contributed by atoms with Crippen molar-refractivity contribution in [2.75, 3.05) is 13.7 Å². The van der Waals surface area contributed by atoms with Crippen molar-refractivity contribution >= 4 is 5.91 Å². The normalized spacial score (nSPS) is 12.2. The number of aliphatic hydroxyl groups is 1. The van der Waals surface area contributed by atoms with E-state index in [9.17, 15) is 9.59 Å². The first-order chi connectivity index (χ1) is 7.06. The van der Waals surface area contributed by atoms with Crippen LogP contribution in [0, 0.1) is 0 Å². The minimum Gasteiger partial charge on any atom is -0.394 e. The summed E-state index contributed by atoms with van der Waals surface area (Å²) in [5, 5.41) is 8.89. The molecule has 0 aliphatic heterocycles. The average Bonchev–Trinajstić information content (AvgIpc) is 2.26. The highest BCUT2D eigenvalue weighted by Gasteiger charge is 2.16. The highest BCUT2D eigenvalue weighted by Crippen LogP contribution is 2.01. The van der Waals surface area contributed by atoms with Gasteiger partial charge in [0.05, 0.1) is 12.6 Å². The molecule has 0 aromatic carbocycles. The summed E-state index contributed by atoms with van der Waals surface area (Å²) in [6.07, 6.45) is 0. The summed E-state index contributed by atoms with van der Waals surface area (Å²) in [5.74, 6) is -0.311. The number of hydrogen-bond acceptors (Lipinski definition) is 3. The molecule has 0 radical (unpaired) electrons. The molecule has 0 bridgehead atoms. The van der Waals surface area contributed by atoms with Crippen molar-refractivity contribution in [3.63, 3.8) is 0 Å². The second kappa shape index (κ2) is 4.75. The van der Waals surface area contributed by atoms with Crippen molar-refractivity contribution < 1.29 is 9.90 Å². The van der Waals surface area contributed by atoms with Crippen molar-refractivity contribution in [2.24, 2.45) is 0 Å². The molecule has 1 amide bonds. The van der Waals surface area contributed by atoms with Crippen LogP contribution in [0.15, 0.2) is 23.0 Å². The van der Waals surface area contributed by atoms with Crippen LogP contribution in [0.3, 0.4) is 0 Å².